The molecule has 0 saturated carbocycles. The van der Waals surface area contributed by atoms with Gasteiger partial charge in [0, 0.05) is 38.4 Å². The number of hydrogen-bond acceptors (Lipinski definition) is 6. The number of benzene rings is 2. The largest absolute Gasteiger partial charge is 0.493 e. The zero-order chi connectivity index (χ0) is 24.4. The fourth-order valence-electron chi connectivity index (χ4n) is 4.77. The number of fused-ring (bicyclic) bond motifs is 1. The first-order valence-corrected chi connectivity index (χ1v) is 12.5. The number of aromatic hydroxyl groups is 1. The minimum atomic E-state index is -0.0927. The van der Waals surface area contributed by atoms with E-state index in [-0.39, 0.29) is 18.0 Å². The second kappa shape index (κ2) is 9.96. The third kappa shape index (κ3) is 4.68. The molecule has 7 nitrogen and oxygen atoms in total. The van der Waals surface area contributed by atoms with Crippen molar-refractivity contribution in [3.63, 3.8) is 0 Å². The molecule has 3 heterocycles. The second-order valence-electron chi connectivity index (χ2n) is 9.41. The SMILES string of the molecule is CCN1CCN(c2nc(NC(c3ccccc3)c3ccccc3)c3cn(C(C)C)c(O)c3n2)CC1. The molecule has 182 valence electrons. The molecule has 1 fully saturated rings. The standard InChI is InChI=1S/C28H34N6O/c1-4-32-15-17-33(18-16-32)28-30-25-23(19-34(20(2)3)27(25)35)26(31-28)29-24(21-11-7-5-8-12-21)22-13-9-6-10-14-22/h5-14,19-20,24,35H,4,15-18H2,1-3H3,(H,29,30,31). The number of anilines is 2. The summed E-state index contributed by atoms with van der Waals surface area (Å²) in [6.07, 6.45) is 1.96. The predicted octanol–water partition coefficient (Wildman–Crippen LogP) is 5.06. The highest BCUT2D eigenvalue weighted by Gasteiger charge is 2.24. The number of rotatable bonds is 7. The van der Waals surface area contributed by atoms with Gasteiger partial charge in [-0.3, -0.25) is 0 Å². The molecule has 1 aliphatic heterocycles. The highest BCUT2D eigenvalue weighted by atomic mass is 16.3. The Labute approximate surface area is 207 Å². The highest BCUT2D eigenvalue weighted by molar-refractivity contribution is 5.94. The molecule has 2 aromatic carbocycles. The van der Waals surface area contributed by atoms with Crippen LogP contribution in [-0.2, 0) is 0 Å². The normalized spacial score (nSPS) is 14.8. The Morgan fingerprint density at radius 3 is 2.03 bits per heavy atom. The third-order valence-electron chi connectivity index (χ3n) is 6.86. The first kappa shape index (κ1) is 23.2. The summed E-state index contributed by atoms with van der Waals surface area (Å²) >= 11 is 0. The Kier molecular flexibility index (Phi) is 6.59. The molecule has 1 saturated heterocycles. The monoisotopic (exact) mass is 470 g/mol. The van der Waals surface area contributed by atoms with Crippen LogP contribution < -0.4 is 10.2 Å². The third-order valence-corrected chi connectivity index (χ3v) is 6.86. The number of nitrogens with zero attached hydrogens (tertiary/aromatic N) is 5. The number of nitrogens with one attached hydrogen (secondary N) is 1. The van der Waals surface area contributed by atoms with Gasteiger partial charge in [-0.25, -0.2) is 4.98 Å². The van der Waals surface area contributed by atoms with Crippen LogP contribution in [0.1, 0.15) is 44.0 Å². The molecule has 35 heavy (non-hydrogen) atoms. The summed E-state index contributed by atoms with van der Waals surface area (Å²) in [6.45, 7) is 11.1. The molecule has 0 bridgehead atoms. The molecule has 0 atom stereocenters. The molecule has 4 aromatic rings. The highest BCUT2D eigenvalue weighted by Crippen LogP contribution is 2.36. The van der Waals surface area contributed by atoms with Crippen LogP contribution in [0.4, 0.5) is 11.8 Å². The van der Waals surface area contributed by atoms with E-state index < -0.39 is 0 Å². The van der Waals surface area contributed by atoms with E-state index >= 15 is 0 Å². The first-order valence-electron chi connectivity index (χ1n) is 12.5. The van der Waals surface area contributed by atoms with Crippen LogP contribution in [0.25, 0.3) is 10.9 Å². The lowest BCUT2D eigenvalue weighted by Crippen LogP contribution is -2.46. The van der Waals surface area contributed by atoms with Gasteiger partial charge in [0.1, 0.15) is 11.3 Å². The van der Waals surface area contributed by atoms with Crippen molar-refractivity contribution >= 4 is 22.7 Å². The summed E-state index contributed by atoms with van der Waals surface area (Å²) in [4.78, 5) is 14.5. The average Bonchev–Trinajstić information content (AvgIpc) is 3.25. The number of piperazine rings is 1. The Morgan fingerprint density at radius 2 is 1.49 bits per heavy atom. The second-order valence-corrected chi connectivity index (χ2v) is 9.41. The lowest BCUT2D eigenvalue weighted by Gasteiger charge is -2.34. The fraction of sp³-hybridized carbons (Fsp3) is 0.357. The van der Waals surface area contributed by atoms with Gasteiger partial charge in [0.15, 0.2) is 0 Å². The van der Waals surface area contributed by atoms with Crippen molar-refractivity contribution < 1.29 is 5.11 Å². The topological polar surface area (TPSA) is 69.5 Å². The van der Waals surface area contributed by atoms with E-state index in [1.165, 1.54) is 0 Å². The molecule has 2 N–H and O–H groups in total. The maximum atomic E-state index is 11.1. The molecule has 0 amide bonds. The van der Waals surface area contributed by atoms with Crippen molar-refractivity contribution in [3.05, 3.63) is 78.0 Å². The van der Waals surface area contributed by atoms with E-state index in [1.54, 1.807) is 0 Å². The van der Waals surface area contributed by atoms with Crippen molar-refractivity contribution in [2.75, 3.05) is 42.9 Å². The van der Waals surface area contributed by atoms with Crippen molar-refractivity contribution in [3.8, 4) is 5.88 Å². The van der Waals surface area contributed by atoms with Crippen LogP contribution in [0.15, 0.2) is 66.9 Å². The lowest BCUT2D eigenvalue weighted by molar-refractivity contribution is 0.270. The zero-order valence-corrected chi connectivity index (χ0v) is 20.7. The van der Waals surface area contributed by atoms with Gasteiger partial charge < -0.3 is 24.8 Å². The van der Waals surface area contributed by atoms with E-state index in [4.69, 9.17) is 9.97 Å². The predicted molar refractivity (Wildman–Crippen MR) is 142 cm³/mol. The quantitative estimate of drug-likeness (QED) is 0.393. The zero-order valence-electron chi connectivity index (χ0n) is 20.7. The van der Waals surface area contributed by atoms with E-state index in [0.29, 0.717) is 11.5 Å². The Morgan fingerprint density at radius 1 is 0.886 bits per heavy atom. The van der Waals surface area contributed by atoms with E-state index in [2.05, 4.69) is 84.4 Å². The summed E-state index contributed by atoms with van der Waals surface area (Å²) < 4.78 is 1.86. The maximum absolute atomic E-state index is 11.1. The van der Waals surface area contributed by atoms with Crippen molar-refractivity contribution in [2.24, 2.45) is 0 Å². The number of likely N-dealkylation sites (N-methyl/N-ethyl adjacent to an activating group) is 1. The van der Waals surface area contributed by atoms with Crippen LogP contribution in [0.2, 0.25) is 0 Å². The van der Waals surface area contributed by atoms with E-state index in [9.17, 15) is 5.11 Å². The smallest absolute Gasteiger partial charge is 0.228 e. The van der Waals surface area contributed by atoms with Crippen LogP contribution in [0, 0.1) is 0 Å². The molecule has 5 rings (SSSR count). The minimum Gasteiger partial charge on any atom is -0.493 e. The molecule has 0 unspecified atom stereocenters. The van der Waals surface area contributed by atoms with Crippen LogP contribution in [0.5, 0.6) is 5.88 Å². The Balaban J connectivity index is 1.61. The number of hydrogen-bond donors (Lipinski definition) is 2. The Bertz CT molecular complexity index is 1220. The molecule has 7 heteroatoms. The van der Waals surface area contributed by atoms with Crippen LogP contribution >= 0.6 is 0 Å². The molecule has 1 aliphatic rings. The van der Waals surface area contributed by atoms with Crippen LogP contribution in [-0.4, -0.2) is 57.3 Å². The molecular weight excluding hydrogens is 436 g/mol. The molecular formula is C28H34N6O. The summed E-state index contributed by atoms with van der Waals surface area (Å²) in [5.74, 6) is 1.58. The first-order chi connectivity index (χ1) is 17.0. The average molecular weight is 471 g/mol. The minimum absolute atomic E-state index is 0.0927. The van der Waals surface area contributed by atoms with Crippen molar-refractivity contribution in [1.29, 1.82) is 0 Å². The molecule has 0 radical (unpaired) electrons. The molecule has 0 aliphatic carbocycles. The van der Waals surface area contributed by atoms with Gasteiger partial charge in [-0.1, -0.05) is 67.6 Å². The van der Waals surface area contributed by atoms with Gasteiger partial charge in [0.2, 0.25) is 11.8 Å². The maximum Gasteiger partial charge on any atom is 0.228 e. The van der Waals surface area contributed by atoms with Gasteiger partial charge in [-0.2, -0.15) is 4.98 Å². The van der Waals surface area contributed by atoms with E-state index in [1.807, 2.05) is 22.9 Å². The Hall–Kier alpha value is -3.58. The van der Waals surface area contributed by atoms with Gasteiger partial charge in [0.05, 0.1) is 11.4 Å². The summed E-state index contributed by atoms with van der Waals surface area (Å²) in [6, 6.07) is 20.8. The van der Waals surface area contributed by atoms with Gasteiger partial charge in [0.25, 0.3) is 0 Å². The van der Waals surface area contributed by atoms with Crippen LogP contribution in [0.3, 0.4) is 0 Å². The lowest BCUT2D eigenvalue weighted by atomic mass is 9.98. The molecule has 2 aromatic heterocycles. The fourth-order valence-corrected chi connectivity index (χ4v) is 4.77. The van der Waals surface area contributed by atoms with E-state index in [0.717, 1.165) is 55.1 Å². The van der Waals surface area contributed by atoms with Crippen molar-refractivity contribution in [1.82, 2.24) is 19.4 Å². The molecule has 0 spiro atoms. The summed E-state index contributed by atoms with van der Waals surface area (Å²) in [5, 5.41) is 15.6. The van der Waals surface area contributed by atoms with Crippen molar-refractivity contribution in [2.45, 2.75) is 32.9 Å². The van der Waals surface area contributed by atoms with Gasteiger partial charge in [-0.15, -0.1) is 0 Å². The summed E-state index contributed by atoms with van der Waals surface area (Å²) in [5.41, 5.74) is 2.89. The number of aromatic nitrogens is 3. The van der Waals surface area contributed by atoms with Gasteiger partial charge >= 0.3 is 0 Å². The summed E-state index contributed by atoms with van der Waals surface area (Å²) in [7, 11) is 0. The van der Waals surface area contributed by atoms with Gasteiger partial charge in [-0.05, 0) is 31.5 Å².